The van der Waals surface area contributed by atoms with Crippen LogP contribution in [-0.2, 0) is 22.7 Å². The number of fused-ring (bicyclic) bond motifs is 1. The summed E-state index contributed by atoms with van der Waals surface area (Å²) < 4.78 is 24.8. The van der Waals surface area contributed by atoms with Gasteiger partial charge in [-0.1, -0.05) is 13.0 Å². The van der Waals surface area contributed by atoms with Gasteiger partial charge in [-0.2, -0.15) is 0 Å². The van der Waals surface area contributed by atoms with E-state index in [2.05, 4.69) is 19.2 Å². The molecular weight excluding hydrogens is 282 g/mol. The van der Waals surface area contributed by atoms with Gasteiger partial charge in [-0.05, 0) is 75.3 Å². The zero-order valence-electron chi connectivity index (χ0n) is 13.2. The molecule has 0 saturated heterocycles. The van der Waals surface area contributed by atoms with Gasteiger partial charge < -0.3 is 5.32 Å². The monoisotopic (exact) mass is 309 g/mol. The van der Waals surface area contributed by atoms with Crippen LogP contribution in [0.25, 0.3) is 0 Å². The van der Waals surface area contributed by atoms with Crippen molar-refractivity contribution in [2.75, 3.05) is 12.3 Å². The van der Waals surface area contributed by atoms with Crippen LogP contribution in [0.3, 0.4) is 0 Å². The molecule has 0 heterocycles. The van der Waals surface area contributed by atoms with E-state index in [0.717, 1.165) is 45.1 Å². The Bertz CT molecular complexity index is 566. The average molecular weight is 309 g/mol. The summed E-state index contributed by atoms with van der Waals surface area (Å²) in [6.45, 7) is 5.26. The largest absolute Gasteiger partial charge is 0.314 e. The molecule has 0 radical (unpaired) electrons. The van der Waals surface area contributed by atoms with Crippen molar-refractivity contribution in [3.05, 3.63) is 29.3 Å². The maximum absolute atomic E-state index is 12.4. The first-order valence-corrected chi connectivity index (χ1v) is 9.76. The highest BCUT2D eigenvalue weighted by Crippen LogP contribution is 2.25. The Morgan fingerprint density at radius 3 is 2.76 bits per heavy atom. The summed E-state index contributed by atoms with van der Waals surface area (Å²) in [4.78, 5) is 0.511. The number of nitrogens with one attached hydrogen (secondary N) is 1. The predicted octanol–water partition coefficient (Wildman–Crippen LogP) is 3.12. The van der Waals surface area contributed by atoms with Crippen LogP contribution in [0.2, 0.25) is 0 Å². The van der Waals surface area contributed by atoms with Crippen LogP contribution < -0.4 is 5.32 Å². The minimum absolute atomic E-state index is 0.254. The van der Waals surface area contributed by atoms with Crippen molar-refractivity contribution in [2.24, 2.45) is 0 Å². The van der Waals surface area contributed by atoms with E-state index in [0.29, 0.717) is 10.9 Å². The van der Waals surface area contributed by atoms with Gasteiger partial charge in [0, 0.05) is 6.04 Å². The van der Waals surface area contributed by atoms with E-state index < -0.39 is 9.84 Å². The van der Waals surface area contributed by atoms with E-state index in [1.54, 1.807) is 6.07 Å². The molecule has 0 bridgehead atoms. The number of hydrogen-bond donors (Lipinski definition) is 1. The van der Waals surface area contributed by atoms with Crippen LogP contribution in [0.15, 0.2) is 23.1 Å². The van der Waals surface area contributed by atoms with Gasteiger partial charge >= 0.3 is 0 Å². The van der Waals surface area contributed by atoms with Gasteiger partial charge in [0.15, 0.2) is 9.84 Å². The summed E-state index contributed by atoms with van der Waals surface area (Å²) in [5, 5.41) is 3.40. The van der Waals surface area contributed by atoms with Crippen LogP contribution in [0.1, 0.15) is 50.7 Å². The number of aryl methyl sites for hydroxylation is 2. The lowest BCUT2D eigenvalue weighted by Crippen LogP contribution is -2.27. The molecule has 1 unspecified atom stereocenters. The number of hydrogen-bond acceptors (Lipinski definition) is 3. The molecule has 2 rings (SSSR count). The number of benzene rings is 1. The van der Waals surface area contributed by atoms with Crippen molar-refractivity contribution >= 4 is 9.84 Å². The van der Waals surface area contributed by atoms with Crippen molar-refractivity contribution < 1.29 is 8.42 Å². The molecule has 0 amide bonds. The van der Waals surface area contributed by atoms with Crippen LogP contribution in [0, 0.1) is 0 Å². The predicted molar refractivity (Wildman–Crippen MR) is 87.5 cm³/mol. The van der Waals surface area contributed by atoms with E-state index >= 15 is 0 Å². The summed E-state index contributed by atoms with van der Waals surface area (Å²) in [5.41, 5.74) is 2.56. The second kappa shape index (κ2) is 7.41. The highest BCUT2D eigenvalue weighted by molar-refractivity contribution is 7.91. The lowest BCUT2D eigenvalue weighted by Gasteiger charge is -2.13. The molecule has 0 spiro atoms. The molecule has 4 heteroatoms. The van der Waals surface area contributed by atoms with Gasteiger partial charge in [0.05, 0.1) is 10.6 Å². The van der Waals surface area contributed by atoms with E-state index in [1.807, 2.05) is 12.1 Å². The Hall–Kier alpha value is -0.870. The summed E-state index contributed by atoms with van der Waals surface area (Å²) in [5.74, 6) is 0.254. The van der Waals surface area contributed by atoms with Gasteiger partial charge in [-0.25, -0.2) is 8.42 Å². The third kappa shape index (κ3) is 4.55. The first-order valence-electron chi connectivity index (χ1n) is 8.11. The molecule has 1 aliphatic rings. The Balaban J connectivity index is 1.90. The smallest absolute Gasteiger partial charge is 0.178 e. The summed E-state index contributed by atoms with van der Waals surface area (Å²) in [6, 6.07) is 6.08. The van der Waals surface area contributed by atoms with Crippen LogP contribution in [0.5, 0.6) is 0 Å². The van der Waals surface area contributed by atoms with Crippen molar-refractivity contribution in [3.8, 4) is 0 Å². The fraction of sp³-hybridized carbons (Fsp3) is 0.647. The summed E-state index contributed by atoms with van der Waals surface area (Å²) >= 11 is 0. The van der Waals surface area contributed by atoms with Crippen LogP contribution in [-0.4, -0.2) is 26.8 Å². The SMILES string of the molecule is CCCNC(C)CCCS(=O)(=O)c1ccc2c(c1)CCC2. The van der Waals surface area contributed by atoms with Crippen molar-refractivity contribution in [1.82, 2.24) is 5.32 Å². The highest BCUT2D eigenvalue weighted by Gasteiger charge is 2.18. The zero-order valence-corrected chi connectivity index (χ0v) is 14.0. The quantitative estimate of drug-likeness (QED) is 0.802. The summed E-state index contributed by atoms with van der Waals surface area (Å²) in [6.07, 6.45) is 6.01. The van der Waals surface area contributed by atoms with Crippen molar-refractivity contribution in [3.63, 3.8) is 0 Å². The Kier molecular flexibility index (Phi) is 5.82. The molecule has 1 aromatic rings. The Labute approximate surface area is 129 Å². The molecule has 1 aliphatic carbocycles. The lowest BCUT2D eigenvalue weighted by atomic mass is 10.1. The molecule has 1 aromatic carbocycles. The van der Waals surface area contributed by atoms with Gasteiger partial charge in [-0.15, -0.1) is 0 Å². The van der Waals surface area contributed by atoms with Crippen molar-refractivity contribution in [2.45, 2.75) is 63.3 Å². The Morgan fingerprint density at radius 2 is 2.00 bits per heavy atom. The van der Waals surface area contributed by atoms with Crippen LogP contribution >= 0.6 is 0 Å². The molecule has 118 valence electrons. The zero-order chi connectivity index (χ0) is 15.3. The van der Waals surface area contributed by atoms with E-state index in [1.165, 1.54) is 11.1 Å². The maximum atomic E-state index is 12.4. The van der Waals surface area contributed by atoms with E-state index in [4.69, 9.17) is 0 Å². The summed E-state index contributed by atoms with van der Waals surface area (Å²) in [7, 11) is -3.13. The maximum Gasteiger partial charge on any atom is 0.178 e. The molecule has 0 fully saturated rings. The number of sulfone groups is 1. The normalized spacial score (nSPS) is 15.9. The van der Waals surface area contributed by atoms with Crippen LogP contribution in [0.4, 0.5) is 0 Å². The fourth-order valence-corrected chi connectivity index (χ4v) is 4.31. The molecular formula is C17H27NO2S. The molecule has 0 aromatic heterocycles. The first kappa shape index (κ1) is 16.5. The second-order valence-electron chi connectivity index (χ2n) is 6.10. The number of rotatable bonds is 8. The topological polar surface area (TPSA) is 46.2 Å². The molecule has 21 heavy (non-hydrogen) atoms. The highest BCUT2D eigenvalue weighted by atomic mass is 32.2. The van der Waals surface area contributed by atoms with Crippen molar-refractivity contribution in [1.29, 1.82) is 0 Å². The molecule has 3 nitrogen and oxygen atoms in total. The molecule has 0 aliphatic heterocycles. The fourth-order valence-electron chi connectivity index (χ4n) is 2.93. The van der Waals surface area contributed by atoms with Gasteiger partial charge in [0.1, 0.15) is 0 Å². The average Bonchev–Trinajstić information content (AvgIpc) is 2.92. The molecule has 1 atom stereocenters. The van der Waals surface area contributed by atoms with Gasteiger partial charge in [-0.3, -0.25) is 0 Å². The van der Waals surface area contributed by atoms with E-state index in [9.17, 15) is 8.42 Å². The third-order valence-corrected chi connectivity index (χ3v) is 6.02. The van der Waals surface area contributed by atoms with E-state index in [-0.39, 0.29) is 5.75 Å². The second-order valence-corrected chi connectivity index (χ2v) is 8.21. The minimum Gasteiger partial charge on any atom is -0.314 e. The Morgan fingerprint density at radius 1 is 1.24 bits per heavy atom. The first-order chi connectivity index (χ1) is 10.0. The standard InChI is InChI=1S/C17H27NO2S/c1-3-11-18-14(2)6-5-12-21(19,20)17-10-9-15-7-4-8-16(15)13-17/h9-10,13-14,18H,3-8,11-12H2,1-2H3. The van der Waals surface area contributed by atoms with Gasteiger partial charge in [0.25, 0.3) is 0 Å². The third-order valence-electron chi connectivity index (χ3n) is 4.22. The molecule has 0 saturated carbocycles. The minimum atomic E-state index is -3.13. The lowest BCUT2D eigenvalue weighted by molar-refractivity contribution is 0.506. The molecule has 1 N–H and O–H groups in total. The van der Waals surface area contributed by atoms with Gasteiger partial charge in [0.2, 0.25) is 0 Å².